The second-order valence-corrected chi connectivity index (χ2v) is 6.98. The number of carbonyl (C=O) groups excluding carboxylic acids is 2. The van der Waals surface area contributed by atoms with Crippen molar-refractivity contribution in [1.29, 1.82) is 0 Å². The Balaban J connectivity index is 2.63. The van der Waals surface area contributed by atoms with E-state index < -0.39 is 0 Å². The van der Waals surface area contributed by atoms with Gasteiger partial charge in [0.2, 0.25) is 11.8 Å². The van der Waals surface area contributed by atoms with Gasteiger partial charge in [-0.25, -0.2) is 0 Å². The van der Waals surface area contributed by atoms with Crippen molar-refractivity contribution >= 4 is 17.5 Å². The van der Waals surface area contributed by atoms with E-state index in [4.69, 9.17) is 0 Å². The fraction of sp³-hybridized carbons (Fsp3) is 0.579. The van der Waals surface area contributed by atoms with Crippen LogP contribution in [0.1, 0.15) is 38.8 Å². The molecule has 0 aliphatic heterocycles. The van der Waals surface area contributed by atoms with Gasteiger partial charge in [-0.2, -0.15) is 0 Å². The number of carbonyl (C=O) groups is 2. The zero-order valence-corrected chi connectivity index (χ0v) is 16.0. The van der Waals surface area contributed by atoms with E-state index >= 15 is 0 Å². The lowest BCUT2D eigenvalue weighted by Gasteiger charge is -2.32. The molecule has 0 atom stereocenters. The number of rotatable bonds is 7. The molecule has 0 radical (unpaired) electrons. The van der Waals surface area contributed by atoms with Crippen LogP contribution in [0.15, 0.2) is 18.2 Å². The van der Waals surface area contributed by atoms with Gasteiger partial charge in [-0.1, -0.05) is 18.2 Å². The minimum absolute atomic E-state index is 0.0439. The number of para-hydroxylation sites is 1. The molecule has 5 heteroatoms. The van der Waals surface area contributed by atoms with Crippen LogP contribution in [0.25, 0.3) is 0 Å². The number of hydrogen-bond donors (Lipinski definition) is 1. The molecule has 0 aliphatic carbocycles. The quantitative estimate of drug-likeness (QED) is 0.835. The molecule has 1 N–H and O–H groups in total. The third-order valence-corrected chi connectivity index (χ3v) is 3.96. The van der Waals surface area contributed by atoms with Crippen LogP contribution in [-0.2, 0) is 9.59 Å². The fourth-order valence-corrected chi connectivity index (χ4v) is 2.98. The number of benzene rings is 1. The van der Waals surface area contributed by atoms with E-state index in [-0.39, 0.29) is 37.0 Å². The second kappa shape index (κ2) is 8.83. The standard InChI is InChI=1S/C19H31N3O2/c1-13(2)22(14(3)4)18(24)12-21(7)11-17(23)20-19-15(5)9-8-10-16(19)6/h8-10,13-14H,11-12H2,1-7H3,(H,20,23). The van der Waals surface area contributed by atoms with Crippen molar-refractivity contribution in [2.75, 3.05) is 25.5 Å². The molecule has 0 bridgehead atoms. The number of anilines is 1. The highest BCUT2D eigenvalue weighted by molar-refractivity contribution is 5.94. The van der Waals surface area contributed by atoms with Gasteiger partial charge in [-0.05, 0) is 59.7 Å². The zero-order valence-electron chi connectivity index (χ0n) is 16.0. The third kappa shape index (κ3) is 5.64. The fourth-order valence-electron chi connectivity index (χ4n) is 2.98. The number of aryl methyl sites for hydroxylation is 2. The maximum Gasteiger partial charge on any atom is 0.238 e. The van der Waals surface area contributed by atoms with Gasteiger partial charge in [-0.3, -0.25) is 14.5 Å². The Morgan fingerprint density at radius 3 is 1.96 bits per heavy atom. The van der Waals surface area contributed by atoms with E-state index in [1.165, 1.54) is 0 Å². The van der Waals surface area contributed by atoms with E-state index in [1.54, 1.807) is 11.9 Å². The minimum Gasteiger partial charge on any atom is -0.337 e. The molecular formula is C19H31N3O2. The number of likely N-dealkylation sites (N-methyl/N-ethyl adjacent to an activating group) is 1. The van der Waals surface area contributed by atoms with Crippen molar-refractivity contribution in [3.63, 3.8) is 0 Å². The van der Waals surface area contributed by atoms with Crippen molar-refractivity contribution < 1.29 is 9.59 Å². The highest BCUT2D eigenvalue weighted by atomic mass is 16.2. The van der Waals surface area contributed by atoms with Gasteiger partial charge in [0, 0.05) is 17.8 Å². The van der Waals surface area contributed by atoms with Crippen molar-refractivity contribution in [3.05, 3.63) is 29.3 Å². The molecule has 0 aliphatic rings. The SMILES string of the molecule is Cc1cccc(C)c1NC(=O)CN(C)CC(=O)N(C(C)C)C(C)C. The molecule has 1 aromatic carbocycles. The highest BCUT2D eigenvalue weighted by Gasteiger charge is 2.22. The lowest BCUT2D eigenvalue weighted by Crippen LogP contribution is -2.47. The smallest absolute Gasteiger partial charge is 0.238 e. The number of hydrogen-bond acceptors (Lipinski definition) is 3. The van der Waals surface area contributed by atoms with Gasteiger partial charge in [0.15, 0.2) is 0 Å². The average Bonchev–Trinajstić information content (AvgIpc) is 2.41. The Labute approximate surface area is 146 Å². The van der Waals surface area contributed by atoms with Crippen molar-refractivity contribution in [1.82, 2.24) is 9.80 Å². The van der Waals surface area contributed by atoms with Gasteiger partial charge in [0.25, 0.3) is 0 Å². The summed E-state index contributed by atoms with van der Waals surface area (Å²) < 4.78 is 0. The lowest BCUT2D eigenvalue weighted by molar-refractivity contribution is -0.135. The summed E-state index contributed by atoms with van der Waals surface area (Å²) in [5, 5.41) is 2.95. The van der Waals surface area contributed by atoms with E-state index in [0.29, 0.717) is 0 Å². The molecule has 134 valence electrons. The Bertz CT molecular complexity index is 554. The van der Waals surface area contributed by atoms with Crippen LogP contribution < -0.4 is 5.32 Å². The van der Waals surface area contributed by atoms with Crippen LogP contribution in [0, 0.1) is 13.8 Å². The summed E-state index contributed by atoms with van der Waals surface area (Å²) in [5.41, 5.74) is 2.92. The minimum atomic E-state index is -0.108. The Hall–Kier alpha value is -1.88. The highest BCUT2D eigenvalue weighted by Crippen LogP contribution is 2.19. The number of nitrogens with one attached hydrogen (secondary N) is 1. The number of amides is 2. The summed E-state index contributed by atoms with van der Waals surface area (Å²) in [5.74, 6) is -0.0642. The van der Waals surface area contributed by atoms with Gasteiger partial charge < -0.3 is 10.2 Å². The molecule has 5 nitrogen and oxygen atoms in total. The van der Waals surface area contributed by atoms with Gasteiger partial charge in [0.1, 0.15) is 0 Å². The Morgan fingerprint density at radius 1 is 1.00 bits per heavy atom. The molecule has 0 heterocycles. The zero-order chi connectivity index (χ0) is 18.4. The van der Waals surface area contributed by atoms with Crippen molar-refractivity contribution in [2.45, 2.75) is 53.6 Å². The molecule has 2 amide bonds. The largest absolute Gasteiger partial charge is 0.337 e. The molecule has 0 fully saturated rings. The maximum atomic E-state index is 12.4. The van der Waals surface area contributed by atoms with E-state index in [9.17, 15) is 9.59 Å². The molecular weight excluding hydrogens is 302 g/mol. The third-order valence-electron chi connectivity index (χ3n) is 3.96. The van der Waals surface area contributed by atoms with Gasteiger partial charge in [0.05, 0.1) is 13.1 Å². The van der Waals surface area contributed by atoms with Crippen LogP contribution in [-0.4, -0.2) is 53.8 Å². The molecule has 24 heavy (non-hydrogen) atoms. The predicted octanol–water partition coefficient (Wildman–Crippen LogP) is 2.82. The first-order valence-corrected chi connectivity index (χ1v) is 8.49. The lowest BCUT2D eigenvalue weighted by atomic mass is 10.1. The van der Waals surface area contributed by atoms with Gasteiger partial charge in [-0.15, -0.1) is 0 Å². The molecule has 0 saturated carbocycles. The monoisotopic (exact) mass is 333 g/mol. The Morgan fingerprint density at radius 2 is 1.50 bits per heavy atom. The first-order chi connectivity index (χ1) is 11.1. The average molecular weight is 333 g/mol. The van der Waals surface area contributed by atoms with Crippen molar-refractivity contribution in [2.24, 2.45) is 0 Å². The van der Waals surface area contributed by atoms with E-state index in [0.717, 1.165) is 16.8 Å². The van der Waals surface area contributed by atoms with Gasteiger partial charge >= 0.3 is 0 Å². The molecule has 0 saturated heterocycles. The summed E-state index contributed by atoms with van der Waals surface area (Å²) >= 11 is 0. The predicted molar refractivity (Wildman–Crippen MR) is 99.2 cm³/mol. The molecule has 1 aromatic rings. The first-order valence-electron chi connectivity index (χ1n) is 8.49. The summed E-state index contributed by atoms with van der Waals surface area (Å²) in [7, 11) is 1.79. The van der Waals surface area contributed by atoms with Crippen LogP contribution in [0.3, 0.4) is 0 Å². The molecule has 0 aromatic heterocycles. The molecule has 1 rings (SSSR count). The maximum absolute atomic E-state index is 12.4. The van der Waals surface area contributed by atoms with Crippen LogP contribution in [0.5, 0.6) is 0 Å². The topological polar surface area (TPSA) is 52.7 Å². The Kier molecular flexibility index (Phi) is 7.42. The second-order valence-electron chi connectivity index (χ2n) is 6.98. The summed E-state index contributed by atoms with van der Waals surface area (Å²) in [6, 6.07) is 6.21. The van der Waals surface area contributed by atoms with E-state index in [2.05, 4.69) is 5.32 Å². The molecule has 0 unspecified atom stereocenters. The summed E-state index contributed by atoms with van der Waals surface area (Å²) in [6.45, 7) is 12.4. The number of nitrogens with zero attached hydrogens (tertiary/aromatic N) is 2. The summed E-state index contributed by atoms with van der Waals surface area (Å²) in [4.78, 5) is 28.3. The van der Waals surface area contributed by atoms with Crippen molar-refractivity contribution in [3.8, 4) is 0 Å². The first kappa shape index (κ1) is 20.2. The van der Waals surface area contributed by atoms with E-state index in [1.807, 2.05) is 64.6 Å². The van der Waals surface area contributed by atoms with Crippen LogP contribution >= 0.6 is 0 Å². The van der Waals surface area contributed by atoms with Crippen LogP contribution in [0.4, 0.5) is 5.69 Å². The molecule has 0 spiro atoms. The van der Waals surface area contributed by atoms with Crippen LogP contribution in [0.2, 0.25) is 0 Å². The summed E-state index contributed by atoms with van der Waals surface area (Å²) in [6.07, 6.45) is 0. The normalized spacial score (nSPS) is 11.2.